The summed E-state index contributed by atoms with van der Waals surface area (Å²) in [6.07, 6.45) is 4.82. The molecule has 1 atom stereocenters. The van der Waals surface area contributed by atoms with Gasteiger partial charge in [0, 0.05) is 18.5 Å². The van der Waals surface area contributed by atoms with E-state index >= 15 is 0 Å². The number of hydrogen-bond acceptors (Lipinski definition) is 5. The zero-order valence-corrected chi connectivity index (χ0v) is 13.3. The molecule has 116 valence electrons. The fourth-order valence-electron chi connectivity index (χ4n) is 3.04. The van der Waals surface area contributed by atoms with Crippen molar-refractivity contribution < 1.29 is 4.74 Å². The Bertz CT molecular complexity index is 491. The third-order valence-electron chi connectivity index (χ3n) is 4.20. The van der Waals surface area contributed by atoms with Crippen molar-refractivity contribution >= 4 is 17.4 Å². The SMILES string of the molecule is CC1Cc2nc(Cl)nc(NCCCN3CCCC3)c2CO1. The highest BCUT2D eigenvalue weighted by molar-refractivity contribution is 6.28. The van der Waals surface area contributed by atoms with Crippen LogP contribution in [0.25, 0.3) is 0 Å². The van der Waals surface area contributed by atoms with Crippen molar-refractivity contribution in [3.63, 3.8) is 0 Å². The van der Waals surface area contributed by atoms with Gasteiger partial charge in [-0.2, -0.15) is 0 Å². The highest BCUT2D eigenvalue weighted by atomic mass is 35.5. The van der Waals surface area contributed by atoms with Crippen molar-refractivity contribution in [1.29, 1.82) is 0 Å². The molecule has 1 fully saturated rings. The van der Waals surface area contributed by atoms with Crippen LogP contribution in [0.3, 0.4) is 0 Å². The average Bonchev–Trinajstić information content (AvgIpc) is 2.96. The molecule has 0 radical (unpaired) electrons. The van der Waals surface area contributed by atoms with Crippen molar-refractivity contribution in [2.24, 2.45) is 0 Å². The van der Waals surface area contributed by atoms with Gasteiger partial charge in [0.25, 0.3) is 0 Å². The molecular weight excluding hydrogens is 288 g/mol. The summed E-state index contributed by atoms with van der Waals surface area (Å²) in [6, 6.07) is 0. The molecule has 3 rings (SSSR count). The van der Waals surface area contributed by atoms with E-state index in [0.717, 1.165) is 43.0 Å². The molecule has 0 spiro atoms. The second-order valence-electron chi connectivity index (χ2n) is 5.92. The molecule has 3 heterocycles. The van der Waals surface area contributed by atoms with Gasteiger partial charge in [0.2, 0.25) is 5.28 Å². The summed E-state index contributed by atoms with van der Waals surface area (Å²) >= 11 is 6.03. The fraction of sp³-hybridized carbons (Fsp3) is 0.733. The minimum atomic E-state index is 0.200. The second-order valence-corrected chi connectivity index (χ2v) is 6.26. The number of nitrogens with one attached hydrogen (secondary N) is 1. The van der Waals surface area contributed by atoms with Crippen LogP contribution in [0.15, 0.2) is 0 Å². The Kier molecular flexibility index (Phi) is 4.93. The average molecular weight is 311 g/mol. The Morgan fingerprint density at radius 1 is 1.33 bits per heavy atom. The molecule has 0 aliphatic carbocycles. The molecular formula is C15H23ClN4O. The number of halogens is 1. The number of ether oxygens (including phenoxy) is 1. The zero-order chi connectivity index (χ0) is 14.7. The molecule has 5 nitrogen and oxygen atoms in total. The van der Waals surface area contributed by atoms with Gasteiger partial charge >= 0.3 is 0 Å². The first kappa shape index (κ1) is 15.0. The molecule has 0 amide bonds. The first-order valence-electron chi connectivity index (χ1n) is 7.85. The Morgan fingerprint density at radius 2 is 2.14 bits per heavy atom. The van der Waals surface area contributed by atoms with E-state index in [1.54, 1.807) is 0 Å². The van der Waals surface area contributed by atoms with Crippen LogP contribution in [0.4, 0.5) is 5.82 Å². The molecule has 2 aliphatic heterocycles. The third-order valence-corrected chi connectivity index (χ3v) is 4.37. The smallest absolute Gasteiger partial charge is 0.224 e. The van der Waals surface area contributed by atoms with E-state index in [1.165, 1.54) is 25.9 Å². The molecule has 1 aromatic heterocycles. The molecule has 1 unspecified atom stereocenters. The molecule has 0 saturated carbocycles. The Morgan fingerprint density at radius 3 is 2.95 bits per heavy atom. The molecule has 1 saturated heterocycles. The Balaban J connectivity index is 1.57. The molecule has 1 aromatic rings. The maximum absolute atomic E-state index is 6.03. The molecule has 0 aromatic carbocycles. The van der Waals surface area contributed by atoms with Gasteiger partial charge in [-0.25, -0.2) is 9.97 Å². The van der Waals surface area contributed by atoms with Crippen LogP contribution in [0.2, 0.25) is 5.28 Å². The van der Waals surface area contributed by atoms with Crippen LogP contribution in [-0.2, 0) is 17.8 Å². The number of likely N-dealkylation sites (tertiary alicyclic amines) is 1. The number of rotatable bonds is 5. The van der Waals surface area contributed by atoms with Crippen molar-refractivity contribution in [2.45, 2.75) is 45.3 Å². The topological polar surface area (TPSA) is 50.3 Å². The largest absolute Gasteiger partial charge is 0.373 e. The van der Waals surface area contributed by atoms with Crippen molar-refractivity contribution in [1.82, 2.24) is 14.9 Å². The van der Waals surface area contributed by atoms with Crippen LogP contribution in [0, 0.1) is 0 Å². The predicted molar refractivity (Wildman–Crippen MR) is 83.8 cm³/mol. The minimum absolute atomic E-state index is 0.200. The van der Waals surface area contributed by atoms with E-state index in [9.17, 15) is 0 Å². The molecule has 6 heteroatoms. The highest BCUT2D eigenvalue weighted by Crippen LogP contribution is 2.26. The van der Waals surface area contributed by atoms with Gasteiger partial charge < -0.3 is 15.0 Å². The summed E-state index contributed by atoms with van der Waals surface area (Å²) in [7, 11) is 0. The van der Waals surface area contributed by atoms with Crippen LogP contribution < -0.4 is 5.32 Å². The summed E-state index contributed by atoms with van der Waals surface area (Å²) in [5, 5.41) is 3.73. The fourth-order valence-corrected chi connectivity index (χ4v) is 3.23. The molecule has 21 heavy (non-hydrogen) atoms. The van der Waals surface area contributed by atoms with E-state index in [4.69, 9.17) is 16.3 Å². The summed E-state index contributed by atoms with van der Waals surface area (Å²) in [5.74, 6) is 0.846. The van der Waals surface area contributed by atoms with E-state index < -0.39 is 0 Å². The van der Waals surface area contributed by atoms with E-state index in [1.807, 2.05) is 0 Å². The summed E-state index contributed by atoms with van der Waals surface area (Å²) in [6.45, 7) is 7.19. The summed E-state index contributed by atoms with van der Waals surface area (Å²) in [4.78, 5) is 11.2. The first-order valence-corrected chi connectivity index (χ1v) is 8.23. The summed E-state index contributed by atoms with van der Waals surface area (Å²) in [5.41, 5.74) is 2.09. The van der Waals surface area contributed by atoms with Gasteiger partial charge in [-0.05, 0) is 57.4 Å². The Labute approximate surface area is 131 Å². The number of fused-ring (bicyclic) bond motifs is 1. The van der Waals surface area contributed by atoms with Crippen molar-refractivity contribution in [3.05, 3.63) is 16.5 Å². The number of nitrogens with zero attached hydrogens (tertiary/aromatic N) is 3. The van der Waals surface area contributed by atoms with Crippen LogP contribution in [0.1, 0.15) is 37.4 Å². The lowest BCUT2D eigenvalue weighted by molar-refractivity contribution is 0.0398. The normalized spacial score (nSPS) is 22.3. The van der Waals surface area contributed by atoms with Gasteiger partial charge in [0.15, 0.2) is 0 Å². The maximum Gasteiger partial charge on any atom is 0.224 e. The van der Waals surface area contributed by atoms with Gasteiger partial charge in [-0.1, -0.05) is 0 Å². The standard InChI is InChI=1S/C15H23ClN4O/c1-11-9-13-12(10-21-11)14(19-15(16)18-13)17-5-4-8-20-6-2-3-7-20/h11H,2-10H2,1H3,(H,17,18,19). The molecule has 1 N–H and O–H groups in total. The summed E-state index contributed by atoms with van der Waals surface area (Å²) < 4.78 is 5.70. The van der Waals surface area contributed by atoms with Crippen LogP contribution in [-0.4, -0.2) is 47.2 Å². The lowest BCUT2D eigenvalue weighted by atomic mass is 10.1. The zero-order valence-electron chi connectivity index (χ0n) is 12.6. The second kappa shape index (κ2) is 6.90. The lowest BCUT2D eigenvalue weighted by Gasteiger charge is -2.23. The number of hydrogen-bond donors (Lipinski definition) is 1. The van der Waals surface area contributed by atoms with Crippen LogP contribution in [0.5, 0.6) is 0 Å². The van der Waals surface area contributed by atoms with Gasteiger partial charge in [0.1, 0.15) is 5.82 Å². The van der Waals surface area contributed by atoms with Crippen LogP contribution >= 0.6 is 11.6 Å². The third kappa shape index (κ3) is 3.84. The van der Waals surface area contributed by atoms with Gasteiger partial charge in [0.05, 0.1) is 18.4 Å². The quantitative estimate of drug-likeness (QED) is 0.669. The van der Waals surface area contributed by atoms with Gasteiger partial charge in [-0.3, -0.25) is 0 Å². The van der Waals surface area contributed by atoms with Crippen molar-refractivity contribution in [2.75, 3.05) is 31.5 Å². The molecule has 2 aliphatic rings. The van der Waals surface area contributed by atoms with E-state index in [0.29, 0.717) is 11.9 Å². The predicted octanol–water partition coefficient (Wildman–Crippen LogP) is 2.49. The monoisotopic (exact) mass is 310 g/mol. The number of aromatic nitrogens is 2. The van der Waals surface area contributed by atoms with E-state index in [2.05, 4.69) is 27.1 Å². The van der Waals surface area contributed by atoms with Gasteiger partial charge in [-0.15, -0.1) is 0 Å². The highest BCUT2D eigenvalue weighted by Gasteiger charge is 2.21. The maximum atomic E-state index is 6.03. The van der Waals surface area contributed by atoms with Crippen molar-refractivity contribution in [3.8, 4) is 0 Å². The molecule has 0 bridgehead atoms. The first-order chi connectivity index (χ1) is 10.2. The lowest BCUT2D eigenvalue weighted by Crippen LogP contribution is -2.24. The van der Waals surface area contributed by atoms with E-state index in [-0.39, 0.29) is 6.10 Å². The minimum Gasteiger partial charge on any atom is -0.373 e. The number of anilines is 1. The Hall–Kier alpha value is -0.910.